The third-order valence-corrected chi connectivity index (χ3v) is 1.83. The van der Waals surface area contributed by atoms with Gasteiger partial charge in [0.15, 0.2) is 0 Å². The summed E-state index contributed by atoms with van der Waals surface area (Å²) in [5, 5.41) is 0. The molecular weight excluding hydrogens is 135 g/mol. The number of hydrogen-bond acceptors (Lipinski definition) is 2. The molecule has 0 bridgehead atoms. The van der Waals surface area contributed by atoms with Crippen LogP contribution in [-0.4, -0.2) is 36.6 Å². The number of likely N-dealkylation sites (tertiary alicyclic amines) is 1. The fraction of sp³-hybridized carbons (Fsp3) is 0.833. The molecule has 0 aliphatic carbocycles. The van der Waals surface area contributed by atoms with Crippen molar-refractivity contribution in [1.82, 2.24) is 4.90 Å². The van der Waals surface area contributed by atoms with E-state index >= 15 is 0 Å². The number of nitrogens with zero attached hydrogens (tertiary/aromatic N) is 1. The third kappa shape index (κ3) is 1.26. The number of carbonyl (C=O) groups is 1. The van der Waals surface area contributed by atoms with E-state index in [1.165, 1.54) is 0 Å². The average Bonchev–Trinajstić information content (AvgIpc) is 2.10. The van der Waals surface area contributed by atoms with Crippen molar-refractivity contribution in [3.8, 4) is 0 Å². The second-order valence-electron chi connectivity index (χ2n) is 2.69. The molecule has 1 aliphatic rings. The number of halogens is 1. The Balaban J connectivity index is 2.54. The maximum Gasteiger partial charge on any atom is 0.234 e. The normalized spacial score (nSPS) is 34.6. The van der Waals surface area contributed by atoms with Crippen LogP contribution in [0.25, 0.3) is 0 Å². The molecule has 0 aromatic rings. The van der Waals surface area contributed by atoms with E-state index in [0.717, 1.165) is 0 Å². The molecule has 10 heavy (non-hydrogen) atoms. The maximum absolute atomic E-state index is 12.5. The molecule has 0 unspecified atom stereocenters. The molecule has 1 fully saturated rings. The Kier molecular flexibility index (Phi) is 1.89. The van der Waals surface area contributed by atoms with Crippen LogP contribution >= 0.6 is 0 Å². The molecule has 0 radical (unpaired) electrons. The largest absolute Gasteiger partial charge is 0.368 e. The lowest BCUT2D eigenvalue weighted by Crippen LogP contribution is -2.37. The first kappa shape index (κ1) is 7.47. The van der Waals surface area contributed by atoms with Gasteiger partial charge in [-0.15, -0.1) is 0 Å². The molecule has 1 rings (SSSR count). The van der Waals surface area contributed by atoms with Crippen molar-refractivity contribution in [2.75, 3.05) is 13.6 Å². The molecule has 0 aromatic heterocycles. The van der Waals surface area contributed by atoms with Gasteiger partial charge in [-0.2, -0.15) is 0 Å². The number of carbonyl (C=O) groups excluding carboxylic acids is 1. The zero-order valence-corrected chi connectivity index (χ0v) is 5.88. The Morgan fingerprint density at radius 2 is 2.40 bits per heavy atom. The van der Waals surface area contributed by atoms with Gasteiger partial charge in [0.25, 0.3) is 0 Å². The van der Waals surface area contributed by atoms with Crippen LogP contribution in [0.4, 0.5) is 4.39 Å². The van der Waals surface area contributed by atoms with Crippen LogP contribution in [0.3, 0.4) is 0 Å². The molecule has 4 heteroatoms. The predicted molar refractivity (Wildman–Crippen MR) is 35.1 cm³/mol. The van der Waals surface area contributed by atoms with Gasteiger partial charge < -0.3 is 5.73 Å². The lowest BCUT2D eigenvalue weighted by atomic mass is 10.2. The molecule has 2 N–H and O–H groups in total. The van der Waals surface area contributed by atoms with Gasteiger partial charge in [-0.1, -0.05) is 0 Å². The molecule has 0 spiro atoms. The van der Waals surface area contributed by atoms with Gasteiger partial charge in [0.2, 0.25) is 5.91 Å². The van der Waals surface area contributed by atoms with E-state index in [9.17, 15) is 9.18 Å². The molecule has 0 saturated carbocycles. The van der Waals surface area contributed by atoms with E-state index in [2.05, 4.69) is 0 Å². The van der Waals surface area contributed by atoms with Crippen LogP contribution in [-0.2, 0) is 4.79 Å². The van der Waals surface area contributed by atoms with Crippen LogP contribution in [0.2, 0.25) is 0 Å². The highest BCUT2D eigenvalue weighted by atomic mass is 19.1. The highest BCUT2D eigenvalue weighted by Gasteiger charge is 2.32. The molecule has 1 saturated heterocycles. The lowest BCUT2D eigenvalue weighted by molar-refractivity contribution is -0.121. The van der Waals surface area contributed by atoms with Gasteiger partial charge in [-0.05, 0) is 7.05 Å². The Bertz CT molecular complexity index is 151. The average molecular weight is 146 g/mol. The molecule has 3 nitrogen and oxygen atoms in total. The maximum atomic E-state index is 12.5. The summed E-state index contributed by atoms with van der Waals surface area (Å²) >= 11 is 0. The summed E-state index contributed by atoms with van der Waals surface area (Å²) < 4.78 is 12.5. The molecule has 1 heterocycles. The summed E-state index contributed by atoms with van der Waals surface area (Å²) in [6.45, 7) is 0.327. The second-order valence-corrected chi connectivity index (χ2v) is 2.69. The van der Waals surface area contributed by atoms with Gasteiger partial charge in [0, 0.05) is 13.0 Å². The van der Waals surface area contributed by atoms with Crippen molar-refractivity contribution < 1.29 is 9.18 Å². The smallest absolute Gasteiger partial charge is 0.234 e. The molecule has 1 amide bonds. The Morgan fingerprint density at radius 1 is 1.80 bits per heavy atom. The van der Waals surface area contributed by atoms with Crippen molar-refractivity contribution in [3.63, 3.8) is 0 Å². The molecule has 0 aromatic carbocycles. The van der Waals surface area contributed by atoms with Crippen LogP contribution in [0, 0.1) is 0 Å². The van der Waals surface area contributed by atoms with Gasteiger partial charge in [0.1, 0.15) is 6.17 Å². The summed E-state index contributed by atoms with van der Waals surface area (Å²) in [4.78, 5) is 12.2. The first-order chi connectivity index (χ1) is 4.61. The summed E-state index contributed by atoms with van der Waals surface area (Å²) in [5.74, 6) is -0.428. The number of nitrogens with two attached hydrogens (primary N) is 1. The number of primary amides is 1. The SMILES string of the molecule is CN1C[C@@H](F)C[C@H]1C(N)=O. The van der Waals surface area contributed by atoms with Crippen molar-refractivity contribution in [2.24, 2.45) is 5.73 Å². The van der Waals surface area contributed by atoms with Crippen LogP contribution < -0.4 is 5.73 Å². The van der Waals surface area contributed by atoms with Crippen LogP contribution in [0.15, 0.2) is 0 Å². The zero-order valence-electron chi connectivity index (χ0n) is 5.88. The molecule has 2 atom stereocenters. The summed E-state index contributed by atoms with van der Waals surface area (Å²) in [6.07, 6.45) is -0.631. The number of alkyl halides is 1. The number of amides is 1. The monoisotopic (exact) mass is 146 g/mol. The minimum absolute atomic E-state index is 0.256. The predicted octanol–water partition coefficient (Wildman–Crippen LogP) is -0.486. The lowest BCUT2D eigenvalue weighted by Gasteiger charge is -2.13. The van der Waals surface area contributed by atoms with Gasteiger partial charge >= 0.3 is 0 Å². The minimum atomic E-state index is -0.887. The van der Waals surface area contributed by atoms with Gasteiger partial charge in [-0.25, -0.2) is 4.39 Å². The van der Waals surface area contributed by atoms with Gasteiger partial charge in [0.05, 0.1) is 6.04 Å². The van der Waals surface area contributed by atoms with Crippen molar-refractivity contribution in [3.05, 3.63) is 0 Å². The standard InChI is InChI=1S/C6H11FN2O/c1-9-3-4(7)2-5(9)6(8)10/h4-5H,2-3H2,1H3,(H2,8,10)/t4-,5-/m0/s1. The first-order valence-electron chi connectivity index (χ1n) is 3.25. The molecule has 58 valence electrons. The van der Waals surface area contributed by atoms with E-state index in [0.29, 0.717) is 6.54 Å². The first-order valence-corrected chi connectivity index (χ1v) is 3.25. The summed E-state index contributed by atoms with van der Waals surface area (Å²) in [6, 6.07) is -0.394. The van der Waals surface area contributed by atoms with Crippen molar-refractivity contribution in [2.45, 2.75) is 18.6 Å². The number of rotatable bonds is 1. The fourth-order valence-electron chi connectivity index (χ4n) is 1.27. The minimum Gasteiger partial charge on any atom is -0.368 e. The summed E-state index contributed by atoms with van der Waals surface area (Å²) in [7, 11) is 1.70. The highest BCUT2D eigenvalue weighted by molar-refractivity contribution is 5.80. The van der Waals surface area contributed by atoms with Crippen molar-refractivity contribution in [1.29, 1.82) is 0 Å². The van der Waals surface area contributed by atoms with E-state index in [1.807, 2.05) is 0 Å². The van der Waals surface area contributed by atoms with Crippen LogP contribution in [0.5, 0.6) is 0 Å². The number of likely N-dealkylation sites (N-methyl/N-ethyl adjacent to an activating group) is 1. The second kappa shape index (κ2) is 2.54. The summed E-state index contributed by atoms with van der Waals surface area (Å²) in [5.41, 5.74) is 5.00. The number of hydrogen-bond donors (Lipinski definition) is 1. The van der Waals surface area contributed by atoms with Crippen LogP contribution in [0.1, 0.15) is 6.42 Å². The quantitative estimate of drug-likeness (QED) is 0.542. The highest BCUT2D eigenvalue weighted by Crippen LogP contribution is 2.17. The molecular formula is C6H11FN2O. The van der Waals surface area contributed by atoms with E-state index < -0.39 is 18.1 Å². The van der Waals surface area contributed by atoms with E-state index in [1.54, 1.807) is 11.9 Å². The Labute approximate surface area is 59.0 Å². The van der Waals surface area contributed by atoms with Crippen molar-refractivity contribution >= 4 is 5.91 Å². The third-order valence-electron chi connectivity index (χ3n) is 1.83. The zero-order chi connectivity index (χ0) is 7.72. The van der Waals surface area contributed by atoms with Gasteiger partial charge in [-0.3, -0.25) is 9.69 Å². The topological polar surface area (TPSA) is 46.3 Å². The van der Waals surface area contributed by atoms with E-state index in [-0.39, 0.29) is 6.42 Å². The van der Waals surface area contributed by atoms with E-state index in [4.69, 9.17) is 5.73 Å². The Hall–Kier alpha value is -0.640. The molecule has 1 aliphatic heterocycles. The fourth-order valence-corrected chi connectivity index (χ4v) is 1.27. The Morgan fingerprint density at radius 3 is 2.60 bits per heavy atom.